The predicted octanol–water partition coefficient (Wildman–Crippen LogP) is -0.284. The molecule has 0 atom stereocenters. The molecule has 1 aromatic rings. The molecule has 1 saturated heterocycles. The Labute approximate surface area is 113 Å². The molecule has 1 aliphatic rings. The van der Waals surface area contributed by atoms with Gasteiger partial charge in [-0.05, 0) is 19.2 Å². The second-order valence-electron chi connectivity index (χ2n) is 4.87. The minimum Gasteiger partial charge on any atom is -0.455 e. The third kappa shape index (κ3) is 4.05. The number of hydrogen-bond acceptors (Lipinski definition) is 5. The van der Waals surface area contributed by atoms with E-state index in [9.17, 15) is 4.79 Å². The lowest BCUT2D eigenvalue weighted by atomic mass is 10.3. The maximum Gasteiger partial charge on any atom is 0.287 e. The van der Waals surface area contributed by atoms with Gasteiger partial charge < -0.3 is 20.4 Å². The van der Waals surface area contributed by atoms with Crippen LogP contribution in [0.25, 0.3) is 0 Å². The first kappa shape index (κ1) is 14.0. The zero-order chi connectivity index (χ0) is 13.7. The third-order valence-corrected chi connectivity index (χ3v) is 3.40. The van der Waals surface area contributed by atoms with Crippen LogP contribution in [0.2, 0.25) is 0 Å². The largest absolute Gasteiger partial charge is 0.455 e. The van der Waals surface area contributed by atoms with Crippen LogP contribution in [-0.2, 0) is 6.54 Å². The number of furan rings is 1. The van der Waals surface area contributed by atoms with Crippen molar-refractivity contribution in [2.45, 2.75) is 6.54 Å². The SMILES string of the molecule is CN1CCN(CCNC(=O)c2ccc(CN)o2)CC1. The number of amides is 1. The lowest BCUT2D eigenvalue weighted by Crippen LogP contribution is -2.46. The number of likely N-dealkylation sites (N-methyl/N-ethyl adjacent to an activating group) is 1. The van der Waals surface area contributed by atoms with E-state index in [-0.39, 0.29) is 5.91 Å². The van der Waals surface area contributed by atoms with Gasteiger partial charge >= 0.3 is 0 Å². The van der Waals surface area contributed by atoms with Gasteiger partial charge in [0.25, 0.3) is 5.91 Å². The van der Waals surface area contributed by atoms with Crippen molar-refractivity contribution in [2.24, 2.45) is 5.73 Å². The van der Waals surface area contributed by atoms with Crippen LogP contribution in [0.15, 0.2) is 16.5 Å². The van der Waals surface area contributed by atoms with E-state index in [0.29, 0.717) is 24.6 Å². The molecule has 0 aliphatic carbocycles. The molecule has 19 heavy (non-hydrogen) atoms. The molecule has 1 aliphatic heterocycles. The Morgan fingerprint density at radius 1 is 1.37 bits per heavy atom. The quantitative estimate of drug-likeness (QED) is 0.766. The predicted molar refractivity (Wildman–Crippen MR) is 72.9 cm³/mol. The number of carbonyl (C=O) groups is 1. The summed E-state index contributed by atoms with van der Waals surface area (Å²) in [4.78, 5) is 16.5. The minimum atomic E-state index is -0.172. The molecule has 2 heterocycles. The van der Waals surface area contributed by atoms with Gasteiger partial charge in [0.1, 0.15) is 5.76 Å². The van der Waals surface area contributed by atoms with Crippen LogP contribution < -0.4 is 11.1 Å². The average Bonchev–Trinajstić information content (AvgIpc) is 2.90. The molecule has 0 saturated carbocycles. The lowest BCUT2D eigenvalue weighted by Gasteiger charge is -2.32. The molecule has 0 radical (unpaired) electrons. The van der Waals surface area contributed by atoms with Gasteiger partial charge in [0, 0.05) is 39.3 Å². The minimum absolute atomic E-state index is 0.172. The van der Waals surface area contributed by atoms with Crippen LogP contribution in [-0.4, -0.2) is 62.0 Å². The molecule has 1 fully saturated rings. The number of carbonyl (C=O) groups excluding carboxylic acids is 1. The van der Waals surface area contributed by atoms with Gasteiger partial charge in [-0.3, -0.25) is 9.69 Å². The summed E-state index contributed by atoms with van der Waals surface area (Å²) in [5.41, 5.74) is 5.44. The molecular weight excluding hydrogens is 244 g/mol. The summed E-state index contributed by atoms with van der Waals surface area (Å²) in [6.45, 7) is 6.13. The highest BCUT2D eigenvalue weighted by atomic mass is 16.4. The standard InChI is InChI=1S/C13H22N4O2/c1-16-6-8-17(9-7-16)5-4-15-13(18)12-3-2-11(10-14)19-12/h2-3H,4-10,14H2,1H3,(H,15,18). The fourth-order valence-electron chi connectivity index (χ4n) is 2.10. The highest BCUT2D eigenvalue weighted by Gasteiger charge is 2.14. The van der Waals surface area contributed by atoms with Crippen molar-refractivity contribution in [1.29, 1.82) is 0 Å². The molecule has 6 heteroatoms. The molecule has 2 rings (SSSR count). The summed E-state index contributed by atoms with van der Waals surface area (Å²) < 4.78 is 5.29. The van der Waals surface area contributed by atoms with Gasteiger partial charge in [-0.2, -0.15) is 0 Å². The Kier molecular flexibility index (Phi) is 4.95. The summed E-state index contributed by atoms with van der Waals surface area (Å²) in [6.07, 6.45) is 0. The number of nitrogens with one attached hydrogen (secondary N) is 1. The van der Waals surface area contributed by atoms with Crippen molar-refractivity contribution in [2.75, 3.05) is 46.3 Å². The van der Waals surface area contributed by atoms with Crippen LogP contribution in [0.5, 0.6) is 0 Å². The van der Waals surface area contributed by atoms with E-state index in [1.807, 2.05) is 0 Å². The molecule has 6 nitrogen and oxygen atoms in total. The molecule has 0 aromatic carbocycles. The van der Waals surface area contributed by atoms with E-state index in [4.69, 9.17) is 10.2 Å². The van der Waals surface area contributed by atoms with Crippen LogP contribution in [0.1, 0.15) is 16.3 Å². The summed E-state index contributed by atoms with van der Waals surface area (Å²) in [5, 5.41) is 2.87. The molecule has 1 amide bonds. The van der Waals surface area contributed by atoms with Crippen LogP contribution in [0.3, 0.4) is 0 Å². The van der Waals surface area contributed by atoms with E-state index >= 15 is 0 Å². The molecular formula is C13H22N4O2. The summed E-state index contributed by atoms with van der Waals surface area (Å²) in [5.74, 6) is 0.789. The lowest BCUT2D eigenvalue weighted by molar-refractivity contribution is 0.0912. The number of nitrogens with two attached hydrogens (primary N) is 1. The number of rotatable bonds is 5. The maximum absolute atomic E-state index is 11.8. The van der Waals surface area contributed by atoms with E-state index < -0.39 is 0 Å². The number of piperazine rings is 1. The second-order valence-corrected chi connectivity index (χ2v) is 4.87. The zero-order valence-corrected chi connectivity index (χ0v) is 11.4. The topological polar surface area (TPSA) is 74.7 Å². The first-order chi connectivity index (χ1) is 9.19. The molecule has 0 bridgehead atoms. The first-order valence-electron chi connectivity index (χ1n) is 6.67. The maximum atomic E-state index is 11.8. The van der Waals surface area contributed by atoms with Gasteiger partial charge in [0.2, 0.25) is 0 Å². The van der Waals surface area contributed by atoms with E-state index in [0.717, 1.165) is 32.7 Å². The van der Waals surface area contributed by atoms with Gasteiger partial charge in [-0.1, -0.05) is 0 Å². The average molecular weight is 266 g/mol. The van der Waals surface area contributed by atoms with Crippen LogP contribution in [0.4, 0.5) is 0 Å². The highest BCUT2D eigenvalue weighted by molar-refractivity contribution is 5.91. The summed E-state index contributed by atoms with van der Waals surface area (Å²) in [6, 6.07) is 3.39. The number of nitrogens with zero attached hydrogens (tertiary/aromatic N) is 2. The van der Waals surface area contributed by atoms with E-state index in [1.165, 1.54) is 0 Å². The van der Waals surface area contributed by atoms with Crippen molar-refractivity contribution in [3.05, 3.63) is 23.7 Å². The molecule has 106 valence electrons. The Balaban J connectivity index is 1.69. The van der Waals surface area contributed by atoms with Crippen LogP contribution >= 0.6 is 0 Å². The normalized spacial score (nSPS) is 17.6. The first-order valence-corrected chi connectivity index (χ1v) is 6.67. The van der Waals surface area contributed by atoms with Crippen molar-refractivity contribution < 1.29 is 9.21 Å². The zero-order valence-electron chi connectivity index (χ0n) is 11.4. The highest BCUT2D eigenvalue weighted by Crippen LogP contribution is 2.06. The molecule has 3 N–H and O–H groups in total. The Morgan fingerprint density at radius 2 is 2.11 bits per heavy atom. The van der Waals surface area contributed by atoms with Gasteiger partial charge in [0.05, 0.1) is 6.54 Å². The monoisotopic (exact) mass is 266 g/mol. The summed E-state index contributed by atoms with van der Waals surface area (Å²) >= 11 is 0. The third-order valence-electron chi connectivity index (χ3n) is 3.40. The Morgan fingerprint density at radius 3 is 2.74 bits per heavy atom. The second kappa shape index (κ2) is 6.70. The number of hydrogen-bond donors (Lipinski definition) is 2. The fraction of sp³-hybridized carbons (Fsp3) is 0.615. The summed E-state index contributed by atoms with van der Waals surface area (Å²) in [7, 11) is 2.13. The van der Waals surface area contributed by atoms with Crippen molar-refractivity contribution in [1.82, 2.24) is 15.1 Å². The van der Waals surface area contributed by atoms with Gasteiger partial charge in [0.15, 0.2) is 5.76 Å². The smallest absolute Gasteiger partial charge is 0.287 e. The molecule has 1 aromatic heterocycles. The van der Waals surface area contributed by atoms with E-state index in [1.54, 1.807) is 12.1 Å². The molecule has 0 unspecified atom stereocenters. The van der Waals surface area contributed by atoms with E-state index in [2.05, 4.69) is 22.2 Å². The Hall–Kier alpha value is -1.37. The Bertz CT molecular complexity index is 411. The van der Waals surface area contributed by atoms with Gasteiger partial charge in [-0.15, -0.1) is 0 Å². The van der Waals surface area contributed by atoms with Crippen molar-refractivity contribution >= 4 is 5.91 Å². The fourth-order valence-corrected chi connectivity index (χ4v) is 2.10. The van der Waals surface area contributed by atoms with Crippen LogP contribution in [0, 0.1) is 0 Å². The molecule has 0 spiro atoms. The van der Waals surface area contributed by atoms with Crippen molar-refractivity contribution in [3.63, 3.8) is 0 Å². The van der Waals surface area contributed by atoms with Gasteiger partial charge in [-0.25, -0.2) is 0 Å². The van der Waals surface area contributed by atoms with Crippen molar-refractivity contribution in [3.8, 4) is 0 Å².